The molecule has 0 N–H and O–H groups in total. The molecule has 4 heteroatoms. The third-order valence-corrected chi connectivity index (χ3v) is 13.5. The predicted molar refractivity (Wildman–Crippen MR) is 261 cm³/mol. The Morgan fingerprint density at radius 3 is 1.62 bits per heavy atom. The van der Waals surface area contributed by atoms with E-state index in [-0.39, 0.29) is 10.8 Å². The normalized spacial score (nSPS) is 13.1. The van der Waals surface area contributed by atoms with Gasteiger partial charge in [-0.15, -0.1) is 0 Å². The van der Waals surface area contributed by atoms with Crippen LogP contribution in [0.25, 0.3) is 98.0 Å². The minimum absolute atomic E-state index is 0.0812. The second-order valence-corrected chi connectivity index (χ2v) is 19.3. The fourth-order valence-electron chi connectivity index (χ4n) is 10.5. The molecule has 13 aromatic rings. The van der Waals surface area contributed by atoms with E-state index >= 15 is 0 Å². The second-order valence-electron chi connectivity index (χ2n) is 19.3. The van der Waals surface area contributed by atoms with Crippen LogP contribution in [-0.2, 0) is 10.8 Å². The minimum atomic E-state index is -0.0907. The minimum Gasteiger partial charge on any atom is -0.308 e. The summed E-state index contributed by atoms with van der Waals surface area (Å²) in [5.41, 5.74) is 13.9. The van der Waals surface area contributed by atoms with Gasteiger partial charge in [-0.3, -0.25) is 4.40 Å². The Morgan fingerprint density at radius 1 is 0.410 bits per heavy atom. The van der Waals surface area contributed by atoms with Crippen LogP contribution in [0.4, 0.5) is 17.1 Å². The van der Waals surface area contributed by atoms with Crippen molar-refractivity contribution in [3.8, 4) is 0 Å². The average molecular weight is 785 g/mol. The van der Waals surface area contributed by atoms with Crippen LogP contribution in [0.3, 0.4) is 0 Å². The molecule has 0 fully saturated rings. The van der Waals surface area contributed by atoms with Gasteiger partial charge in [0, 0.05) is 49.1 Å². The van der Waals surface area contributed by atoms with E-state index in [4.69, 9.17) is 4.98 Å². The van der Waals surface area contributed by atoms with Gasteiger partial charge in [-0.05, 0) is 116 Å². The number of hydrogen-bond donors (Lipinski definition) is 0. The van der Waals surface area contributed by atoms with Gasteiger partial charge in [-0.2, -0.15) is 0 Å². The average Bonchev–Trinajstić information content (AvgIpc) is 3.97. The summed E-state index contributed by atoms with van der Waals surface area (Å²) in [4.78, 5) is 8.36. The van der Waals surface area contributed by atoms with Crippen molar-refractivity contribution in [1.82, 2.24) is 13.8 Å². The molecule has 292 valence electrons. The van der Waals surface area contributed by atoms with Gasteiger partial charge in [0.05, 0.1) is 38.8 Å². The molecule has 0 saturated heterocycles. The fraction of sp³-hybridized carbons (Fsp3) is 0.140. The van der Waals surface area contributed by atoms with E-state index in [1.165, 1.54) is 92.4 Å². The fourth-order valence-corrected chi connectivity index (χ4v) is 10.5. The van der Waals surface area contributed by atoms with Crippen molar-refractivity contribution in [2.45, 2.75) is 52.4 Å². The third kappa shape index (κ3) is 4.68. The summed E-state index contributed by atoms with van der Waals surface area (Å²) >= 11 is 0. The van der Waals surface area contributed by atoms with Crippen molar-refractivity contribution in [2.24, 2.45) is 0 Å². The first-order chi connectivity index (χ1) is 29.5. The van der Waals surface area contributed by atoms with Crippen LogP contribution < -0.4 is 4.90 Å². The zero-order valence-corrected chi connectivity index (χ0v) is 35.3. The van der Waals surface area contributed by atoms with Crippen LogP contribution in [-0.4, -0.2) is 13.8 Å². The van der Waals surface area contributed by atoms with Gasteiger partial charge < -0.3 is 9.30 Å². The zero-order chi connectivity index (χ0) is 41.1. The first-order valence-electron chi connectivity index (χ1n) is 21.6. The first-order valence-corrected chi connectivity index (χ1v) is 21.6. The van der Waals surface area contributed by atoms with E-state index in [0.29, 0.717) is 0 Å². The zero-order valence-electron chi connectivity index (χ0n) is 35.3. The number of hydrogen-bond acceptors (Lipinski definition) is 2. The van der Waals surface area contributed by atoms with E-state index in [1.54, 1.807) is 0 Å². The smallest absolute Gasteiger partial charge is 0.146 e. The highest BCUT2D eigenvalue weighted by Crippen LogP contribution is 2.50. The molecule has 0 bridgehead atoms. The lowest BCUT2D eigenvalue weighted by Crippen LogP contribution is -2.15. The standard InChI is InChI=1S/C57H44N4/c1-56(2,3)36-28-43-44-29-37(57(4,5)6)31-49(59(38-20-9-7-10-21-38)39-22-11-8-12-23-39)53(44)60-48-32-45-50-40-24-16-15-19-35(40)26-42-41-25-33-17-13-14-18-34(33)27-47(41)61(54(42)50)55(45)58-51(48)46(30-36)52(43)60/h7-32H,1-6H3. The van der Waals surface area contributed by atoms with Crippen molar-refractivity contribution in [2.75, 3.05) is 4.90 Å². The van der Waals surface area contributed by atoms with E-state index in [1.807, 2.05) is 0 Å². The van der Waals surface area contributed by atoms with Gasteiger partial charge in [0.1, 0.15) is 5.65 Å². The highest BCUT2D eigenvalue weighted by Gasteiger charge is 2.30. The van der Waals surface area contributed by atoms with E-state index in [2.05, 4.69) is 213 Å². The number of fused-ring (bicyclic) bond motifs is 15. The Morgan fingerprint density at radius 2 is 0.951 bits per heavy atom. The van der Waals surface area contributed by atoms with Crippen LogP contribution in [0.15, 0.2) is 158 Å². The SMILES string of the molecule is CC(C)(C)c1cc(N(c2ccccc2)c2ccccc2)c2c(c1)c1cc(C(C)(C)C)cc3c4nc5c(cc4n2c13)c1c2ccccc2cc2c3cc4ccccc4cc3n5c21. The second kappa shape index (κ2) is 11.8. The van der Waals surface area contributed by atoms with Gasteiger partial charge in [-0.1, -0.05) is 126 Å². The first kappa shape index (κ1) is 34.7. The lowest BCUT2D eigenvalue weighted by molar-refractivity contribution is 0.591. The van der Waals surface area contributed by atoms with Crippen LogP contribution >= 0.6 is 0 Å². The quantitative estimate of drug-likeness (QED) is 0.178. The van der Waals surface area contributed by atoms with Gasteiger partial charge in [0.2, 0.25) is 0 Å². The molecule has 0 saturated carbocycles. The van der Waals surface area contributed by atoms with Crippen molar-refractivity contribution in [1.29, 1.82) is 0 Å². The number of aromatic nitrogens is 3. The molecular formula is C57H44N4. The number of pyridine rings is 1. The van der Waals surface area contributed by atoms with Gasteiger partial charge >= 0.3 is 0 Å². The Kier molecular flexibility index (Phi) is 6.69. The summed E-state index contributed by atoms with van der Waals surface area (Å²) in [5.74, 6) is 0. The van der Waals surface area contributed by atoms with Crippen LogP contribution in [0, 0.1) is 0 Å². The molecule has 0 aliphatic carbocycles. The largest absolute Gasteiger partial charge is 0.308 e. The number of nitrogens with zero attached hydrogens (tertiary/aromatic N) is 4. The summed E-state index contributed by atoms with van der Waals surface area (Å²) in [6, 6.07) is 58.8. The molecule has 0 radical (unpaired) electrons. The molecule has 0 unspecified atom stereocenters. The predicted octanol–water partition coefficient (Wildman–Crippen LogP) is 15.8. The molecule has 0 aliphatic heterocycles. The summed E-state index contributed by atoms with van der Waals surface area (Å²) in [6.07, 6.45) is 0. The molecule has 0 atom stereocenters. The number of rotatable bonds is 3. The summed E-state index contributed by atoms with van der Waals surface area (Å²) in [7, 11) is 0. The van der Waals surface area contributed by atoms with Gasteiger partial charge in [0.25, 0.3) is 0 Å². The molecule has 13 rings (SSSR count). The molecule has 8 aromatic carbocycles. The lowest BCUT2D eigenvalue weighted by Gasteiger charge is -2.29. The lowest BCUT2D eigenvalue weighted by atomic mass is 9.84. The molecule has 0 spiro atoms. The van der Waals surface area contributed by atoms with E-state index < -0.39 is 0 Å². The number of benzene rings is 8. The summed E-state index contributed by atoms with van der Waals surface area (Å²) in [6.45, 7) is 14.0. The molecule has 4 nitrogen and oxygen atoms in total. The van der Waals surface area contributed by atoms with Crippen LogP contribution in [0.5, 0.6) is 0 Å². The Hall–Kier alpha value is -7.17. The Balaban J connectivity index is 1.28. The topological polar surface area (TPSA) is 25.0 Å². The van der Waals surface area contributed by atoms with E-state index in [0.717, 1.165) is 33.7 Å². The van der Waals surface area contributed by atoms with E-state index in [9.17, 15) is 0 Å². The van der Waals surface area contributed by atoms with Gasteiger partial charge in [0.15, 0.2) is 0 Å². The molecule has 0 amide bonds. The van der Waals surface area contributed by atoms with Crippen molar-refractivity contribution < 1.29 is 0 Å². The maximum atomic E-state index is 5.90. The van der Waals surface area contributed by atoms with Crippen LogP contribution in [0.1, 0.15) is 52.7 Å². The molecule has 5 heterocycles. The molecule has 5 aromatic heterocycles. The summed E-state index contributed by atoms with van der Waals surface area (Å²) in [5, 5.41) is 13.7. The van der Waals surface area contributed by atoms with Gasteiger partial charge in [-0.25, -0.2) is 4.98 Å². The maximum Gasteiger partial charge on any atom is 0.146 e. The molecule has 0 aliphatic rings. The Bertz CT molecular complexity index is 3890. The number of anilines is 3. The maximum absolute atomic E-state index is 5.90. The van der Waals surface area contributed by atoms with Crippen molar-refractivity contribution in [3.05, 3.63) is 169 Å². The highest BCUT2D eigenvalue weighted by atomic mass is 15.2. The van der Waals surface area contributed by atoms with Crippen molar-refractivity contribution in [3.63, 3.8) is 0 Å². The Labute approximate surface area is 353 Å². The molecular weight excluding hydrogens is 741 g/mol. The monoisotopic (exact) mass is 784 g/mol. The van der Waals surface area contributed by atoms with Crippen molar-refractivity contribution >= 4 is 115 Å². The number of para-hydroxylation sites is 2. The highest BCUT2D eigenvalue weighted by molar-refractivity contribution is 6.33. The third-order valence-electron chi connectivity index (χ3n) is 13.5. The summed E-state index contributed by atoms with van der Waals surface area (Å²) < 4.78 is 5.04. The molecule has 61 heavy (non-hydrogen) atoms. The van der Waals surface area contributed by atoms with Crippen LogP contribution in [0.2, 0.25) is 0 Å².